The first-order valence-corrected chi connectivity index (χ1v) is 6.23. The Balaban J connectivity index is 2.38. The standard InChI is InChI=1S/C12H20N6/c1-4-12(3,5-6-13)17-10-7-9(2)16-11-14-8-15-18(10)11/h7-8,17H,4-6,13H2,1-3H3. The van der Waals surface area contributed by atoms with Gasteiger partial charge >= 0.3 is 0 Å². The Bertz CT molecular complexity index is 534. The molecule has 18 heavy (non-hydrogen) atoms. The van der Waals surface area contributed by atoms with Gasteiger partial charge in [0.15, 0.2) is 0 Å². The largest absolute Gasteiger partial charge is 0.365 e. The van der Waals surface area contributed by atoms with E-state index in [0.717, 1.165) is 24.4 Å². The van der Waals surface area contributed by atoms with Crippen LogP contribution in [0.15, 0.2) is 12.4 Å². The summed E-state index contributed by atoms with van der Waals surface area (Å²) < 4.78 is 1.72. The Labute approximate surface area is 107 Å². The molecule has 0 aliphatic rings. The van der Waals surface area contributed by atoms with Crippen LogP contribution in [0.5, 0.6) is 0 Å². The number of fused-ring (bicyclic) bond motifs is 1. The summed E-state index contributed by atoms with van der Waals surface area (Å²) in [5.41, 5.74) is 6.56. The molecular weight excluding hydrogens is 228 g/mol. The molecule has 0 saturated heterocycles. The normalized spacial score (nSPS) is 14.7. The Morgan fingerprint density at radius 2 is 2.28 bits per heavy atom. The highest BCUT2D eigenvalue weighted by Gasteiger charge is 2.22. The van der Waals surface area contributed by atoms with Gasteiger partial charge in [-0.3, -0.25) is 0 Å². The van der Waals surface area contributed by atoms with E-state index in [-0.39, 0.29) is 5.54 Å². The molecule has 0 aromatic carbocycles. The van der Waals surface area contributed by atoms with Crippen LogP contribution in [0.4, 0.5) is 5.82 Å². The molecule has 2 aromatic rings. The second kappa shape index (κ2) is 4.89. The number of aromatic nitrogens is 4. The van der Waals surface area contributed by atoms with Crippen molar-refractivity contribution < 1.29 is 0 Å². The fourth-order valence-corrected chi connectivity index (χ4v) is 1.98. The lowest BCUT2D eigenvalue weighted by atomic mass is 9.94. The van der Waals surface area contributed by atoms with Crippen molar-refractivity contribution in [2.24, 2.45) is 5.73 Å². The lowest BCUT2D eigenvalue weighted by Crippen LogP contribution is -2.37. The first-order chi connectivity index (χ1) is 8.58. The number of rotatable bonds is 5. The molecule has 0 radical (unpaired) electrons. The van der Waals surface area contributed by atoms with Gasteiger partial charge in [0.05, 0.1) is 0 Å². The van der Waals surface area contributed by atoms with Gasteiger partial charge in [0, 0.05) is 17.3 Å². The van der Waals surface area contributed by atoms with Crippen molar-refractivity contribution in [1.29, 1.82) is 0 Å². The molecular formula is C12H20N6. The summed E-state index contributed by atoms with van der Waals surface area (Å²) in [6, 6.07) is 1.98. The zero-order valence-electron chi connectivity index (χ0n) is 11.1. The third-order valence-corrected chi connectivity index (χ3v) is 3.29. The lowest BCUT2D eigenvalue weighted by molar-refractivity contribution is 0.460. The SMILES string of the molecule is CCC(C)(CCN)Nc1cc(C)nc2ncnn12. The van der Waals surface area contributed by atoms with Gasteiger partial charge in [0.2, 0.25) is 0 Å². The van der Waals surface area contributed by atoms with Gasteiger partial charge in [-0.2, -0.15) is 14.6 Å². The summed E-state index contributed by atoms with van der Waals surface area (Å²) >= 11 is 0. The third kappa shape index (κ3) is 2.43. The van der Waals surface area contributed by atoms with Gasteiger partial charge in [-0.05, 0) is 33.2 Å². The summed E-state index contributed by atoms with van der Waals surface area (Å²) in [6.45, 7) is 6.92. The fraction of sp³-hybridized carbons (Fsp3) is 0.583. The molecule has 98 valence electrons. The van der Waals surface area contributed by atoms with Crippen LogP contribution in [0, 0.1) is 6.92 Å². The predicted molar refractivity (Wildman–Crippen MR) is 71.5 cm³/mol. The Morgan fingerprint density at radius 3 is 2.94 bits per heavy atom. The second-order valence-corrected chi connectivity index (χ2v) is 4.83. The van der Waals surface area contributed by atoms with E-state index in [1.165, 1.54) is 6.33 Å². The van der Waals surface area contributed by atoms with Crippen LogP contribution >= 0.6 is 0 Å². The van der Waals surface area contributed by atoms with Crippen molar-refractivity contribution in [3.8, 4) is 0 Å². The van der Waals surface area contributed by atoms with Crippen LogP contribution in [-0.2, 0) is 0 Å². The maximum Gasteiger partial charge on any atom is 0.254 e. The van der Waals surface area contributed by atoms with Crippen molar-refractivity contribution in [3.63, 3.8) is 0 Å². The molecule has 6 nitrogen and oxygen atoms in total. The summed E-state index contributed by atoms with van der Waals surface area (Å²) in [5.74, 6) is 1.52. The average Bonchev–Trinajstić information content (AvgIpc) is 2.77. The minimum absolute atomic E-state index is 0.0403. The summed E-state index contributed by atoms with van der Waals surface area (Å²) in [7, 11) is 0. The number of anilines is 1. The molecule has 0 spiro atoms. The lowest BCUT2D eigenvalue weighted by Gasteiger charge is -2.30. The number of hydrogen-bond donors (Lipinski definition) is 2. The molecule has 2 heterocycles. The van der Waals surface area contributed by atoms with Crippen molar-refractivity contribution in [2.45, 2.75) is 39.2 Å². The molecule has 0 aliphatic carbocycles. The van der Waals surface area contributed by atoms with E-state index in [4.69, 9.17) is 5.73 Å². The molecule has 0 saturated carbocycles. The van der Waals surface area contributed by atoms with Crippen LogP contribution < -0.4 is 11.1 Å². The minimum atomic E-state index is -0.0403. The highest BCUT2D eigenvalue weighted by atomic mass is 15.4. The Morgan fingerprint density at radius 1 is 1.50 bits per heavy atom. The van der Waals surface area contributed by atoms with Crippen LogP contribution in [0.3, 0.4) is 0 Å². The molecule has 0 bridgehead atoms. The maximum atomic E-state index is 5.68. The molecule has 2 aromatic heterocycles. The van der Waals surface area contributed by atoms with Crippen LogP contribution in [0.2, 0.25) is 0 Å². The highest BCUT2D eigenvalue weighted by molar-refractivity contribution is 5.46. The third-order valence-electron chi connectivity index (χ3n) is 3.29. The highest BCUT2D eigenvalue weighted by Crippen LogP contribution is 2.21. The Kier molecular flexibility index (Phi) is 3.47. The monoisotopic (exact) mass is 248 g/mol. The molecule has 1 unspecified atom stereocenters. The van der Waals surface area contributed by atoms with E-state index in [2.05, 4.69) is 34.2 Å². The van der Waals surface area contributed by atoms with Gasteiger partial charge in [-0.15, -0.1) is 0 Å². The second-order valence-electron chi connectivity index (χ2n) is 4.83. The summed E-state index contributed by atoms with van der Waals surface area (Å²) in [5, 5.41) is 7.70. The van der Waals surface area contributed by atoms with Crippen LogP contribution in [0.25, 0.3) is 5.78 Å². The molecule has 0 amide bonds. The number of hydrogen-bond acceptors (Lipinski definition) is 5. The van der Waals surface area contributed by atoms with Gasteiger partial charge in [0.1, 0.15) is 12.1 Å². The van der Waals surface area contributed by atoms with E-state index in [9.17, 15) is 0 Å². The summed E-state index contributed by atoms with van der Waals surface area (Å²) in [6.07, 6.45) is 3.40. The smallest absolute Gasteiger partial charge is 0.254 e. The quantitative estimate of drug-likeness (QED) is 0.835. The predicted octanol–water partition coefficient (Wildman–Crippen LogP) is 1.36. The van der Waals surface area contributed by atoms with E-state index in [0.29, 0.717) is 12.3 Å². The van der Waals surface area contributed by atoms with Crippen LogP contribution in [0.1, 0.15) is 32.4 Å². The molecule has 3 N–H and O–H groups in total. The van der Waals surface area contributed by atoms with E-state index in [1.807, 2.05) is 13.0 Å². The van der Waals surface area contributed by atoms with Crippen LogP contribution in [-0.4, -0.2) is 31.7 Å². The van der Waals surface area contributed by atoms with Gasteiger partial charge < -0.3 is 11.1 Å². The number of aryl methyl sites for hydroxylation is 1. The van der Waals surface area contributed by atoms with Crippen molar-refractivity contribution in [3.05, 3.63) is 18.1 Å². The molecule has 0 fully saturated rings. The van der Waals surface area contributed by atoms with Crippen molar-refractivity contribution in [1.82, 2.24) is 19.6 Å². The fourth-order valence-electron chi connectivity index (χ4n) is 1.98. The van der Waals surface area contributed by atoms with Gasteiger partial charge in [-0.1, -0.05) is 6.92 Å². The molecule has 0 aliphatic heterocycles. The minimum Gasteiger partial charge on any atom is -0.365 e. The van der Waals surface area contributed by atoms with Gasteiger partial charge in [0.25, 0.3) is 5.78 Å². The van der Waals surface area contributed by atoms with Crippen molar-refractivity contribution in [2.75, 3.05) is 11.9 Å². The van der Waals surface area contributed by atoms with E-state index >= 15 is 0 Å². The molecule has 2 rings (SSSR count). The first-order valence-electron chi connectivity index (χ1n) is 6.23. The molecule has 6 heteroatoms. The van der Waals surface area contributed by atoms with E-state index in [1.54, 1.807) is 4.52 Å². The maximum absolute atomic E-state index is 5.68. The Hall–Kier alpha value is -1.69. The average molecular weight is 248 g/mol. The molecule has 1 atom stereocenters. The number of nitrogens with zero attached hydrogens (tertiary/aromatic N) is 4. The zero-order valence-corrected chi connectivity index (χ0v) is 11.1. The first kappa shape index (κ1) is 12.8. The van der Waals surface area contributed by atoms with Gasteiger partial charge in [-0.25, -0.2) is 4.98 Å². The van der Waals surface area contributed by atoms with E-state index < -0.39 is 0 Å². The summed E-state index contributed by atoms with van der Waals surface area (Å²) in [4.78, 5) is 8.44. The topological polar surface area (TPSA) is 81.1 Å². The zero-order chi connectivity index (χ0) is 13.2. The number of nitrogens with two attached hydrogens (primary N) is 1. The number of nitrogens with one attached hydrogen (secondary N) is 1. The van der Waals surface area contributed by atoms with Crippen molar-refractivity contribution >= 4 is 11.6 Å².